The molecule has 0 amide bonds. The highest BCUT2D eigenvalue weighted by molar-refractivity contribution is 7.04. The molecule has 11 rings (SSSR count). The maximum atomic E-state index is 6.66. The van der Waals surface area contributed by atoms with Crippen LogP contribution in [0, 0.1) is 0 Å². The maximum Gasteiger partial charge on any atom is 0.143 e. The number of hydrogen-bond donors (Lipinski definition) is 0. The van der Waals surface area contributed by atoms with Gasteiger partial charge in [0, 0.05) is 33.3 Å². The van der Waals surface area contributed by atoms with Crippen LogP contribution in [0.3, 0.4) is 0 Å². The minimum Gasteiger partial charge on any atom is -0.455 e. The van der Waals surface area contributed by atoms with Crippen molar-refractivity contribution in [3.63, 3.8) is 0 Å². The lowest BCUT2D eigenvalue weighted by Crippen LogP contribution is -2.49. The number of nitrogens with zero attached hydrogens (tertiary/aromatic N) is 1. The average Bonchev–Trinajstić information content (AvgIpc) is 3.78. The van der Waals surface area contributed by atoms with E-state index in [4.69, 9.17) is 4.42 Å². The fourth-order valence-electron chi connectivity index (χ4n) is 9.67. The first-order valence-corrected chi connectivity index (χ1v) is 25.0. The van der Waals surface area contributed by atoms with Gasteiger partial charge < -0.3 is 9.32 Å². The standard InChI is InChI=1S/C50H39NOSi2/c1-53(2)44-21-10-8-18-40(44)48-42(19-12-22-45(48)53)51(36-16-11-15-34(30-36)35-24-23-32-13-5-6-14-33(32)29-35)37-25-26-41-47(31-37)54(3,4)46-28-27-39-38-17-7-9-20-43(38)52-50(39)49(41)46/h5-31H,1-4H3. The first-order valence-electron chi connectivity index (χ1n) is 19.0. The van der Waals surface area contributed by atoms with Gasteiger partial charge in [-0.2, -0.15) is 0 Å². The summed E-state index contributed by atoms with van der Waals surface area (Å²) in [5.41, 5.74) is 13.4. The molecule has 4 heteroatoms. The Labute approximate surface area is 318 Å². The van der Waals surface area contributed by atoms with Crippen LogP contribution >= 0.6 is 0 Å². The van der Waals surface area contributed by atoms with Crippen molar-refractivity contribution < 1.29 is 4.42 Å². The predicted molar refractivity (Wildman–Crippen MR) is 236 cm³/mol. The van der Waals surface area contributed by atoms with Crippen LogP contribution in [0.25, 0.3) is 66.1 Å². The fraction of sp³-hybridized carbons (Fsp3) is 0.0800. The normalized spacial score (nSPS) is 14.6. The van der Waals surface area contributed by atoms with Crippen molar-refractivity contribution in [2.45, 2.75) is 26.2 Å². The van der Waals surface area contributed by atoms with Gasteiger partial charge in [-0.1, -0.05) is 148 Å². The lowest BCUT2D eigenvalue weighted by atomic mass is 9.98. The summed E-state index contributed by atoms with van der Waals surface area (Å²) in [6, 6.07) is 61.1. The van der Waals surface area contributed by atoms with Crippen LogP contribution in [0.1, 0.15) is 0 Å². The molecule has 0 saturated heterocycles. The molecule has 2 nitrogen and oxygen atoms in total. The third-order valence-corrected chi connectivity index (χ3v) is 19.5. The summed E-state index contributed by atoms with van der Waals surface area (Å²) >= 11 is 0. The van der Waals surface area contributed by atoms with Crippen molar-refractivity contribution in [1.29, 1.82) is 0 Å². The number of benzene rings is 8. The lowest BCUT2D eigenvalue weighted by molar-refractivity contribution is 0.670. The zero-order valence-corrected chi connectivity index (χ0v) is 32.9. The van der Waals surface area contributed by atoms with Gasteiger partial charge in [0.25, 0.3) is 0 Å². The highest BCUT2D eigenvalue weighted by Crippen LogP contribution is 2.46. The Morgan fingerprint density at radius 2 is 1.11 bits per heavy atom. The fourth-order valence-corrected chi connectivity index (χ4v) is 15.8. The van der Waals surface area contributed by atoms with E-state index in [0.717, 1.165) is 16.9 Å². The van der Waals surface area contributed by atoms with Crippen molar-refractivity contribution in [1.82, 2.24) is 0 Å². The van der Waals surface area contributed by atoms with Crippen LogP contribution in [-0.4, -0.2) is 16.1 Å². The van der Waals surface area contributed by atoms with E-state index in [9.17, 15) is 0 Å². The van der Waals surface area contributed by atoms with Gasteiger partial charge in [-0.25, -0.2) is 0 Å². The largest absolute Gasteiger partial charge is 0.455 e. The Hall–Kier alpha value is -5.95. The second kappa shape index (κ2) is 11.3. The Balaban J connectivity index is 1.14. The Morgan fingerprint density at radius 3 is 2.02 bits per heavy atom. The SMILES string of the molecule is C[Si]1(C)c2ccccc2-c2c(N(c3cccc(-c4ccc5ccccc5c4)c3)c3ccc4c(c3)[Si](C)(C)c3ccc5c(oc6ccccc65)c3-4)cccc21. The van der Waals surface area contributed by atoms with Crippen molar-refractivity contribution >= 4 is 86.7 Å². The first-order chi connectivity index (χ1) is 26.3. The van der Waals surface area contributed by atoms with Crippen LogP contribution in [-0.2, 0) is 0 Å². The van der Waals surface area contributed by atoms with Crippen molar-refractivity contribution in [2.24, 2.45) is 0 Å². The second-order valence-corrected chi connectivity index (χ2v) is 24.8. The Morgan fingerprint density at radius 1 is 0.426 bits per heavy atom. The molecule has 0 unspecified atom stereocenters. The molecule has 0 bridgehead atoms. The van der Waals surface area contributed by atoms with Crippen LogP contribution in [0.4, 0.5) is 17.1 Å². The molecular weight excluding hydrogens is 687 g/mol. The van der Waals surface area contributed by atoms with E-state index in [1.165, 1.54) is 87.0 Å². The molecule has 0 spiro atoms. The van der Waals surface area contributed by atoms with Gasteiger partial charge >= 0.3 is 0 Å². The summed E-state index contributed by atoms with van der Waals surface area (Å²) in [4.78, 5) is 2.54. The number of anilines is 3. The zero-order chi connectivity index (χ0) is 36.3. The van der Waals surface area contributed by atoms with Crippen LogP contribution in [0.2, 0.25) is 26.2 Å². The third-order valence-electron chi connectivity index (χ3n) is 12.4. The number of hydrogen-bond acceptors (Lipinski definition) is 2. The first kappa shape index (κ1) is 31.6. The monoisotopic (exact) mass is 725 g/mol. The lowest BCUT2D eigenvalue weighted by Gasteiger charge is -2.30. The van der Waals surface area contributed by atoms with Gasteiger partial charge in [0.05, 0.1) is 5.69 Å². The van der Waals surface area contributed by atoms with E-state index < -0.39 is 16.1 Å². The summed E-state index contributed by atoms with van der Waals surface area (Å²) in [6.45, 7) is 10.0. The molecule has 9 aromatic rings. The number of rotatable bonds is 4. The topological polar surface area (TPSA) is 16.4 Å². The summed E-state index contributed by atoms with van der Waals surface area (Å²) < 4.78 is 6.66. The minimum absolute atomic E-state index is 0.951. The second-order valence-electron chi connectivity index (χ2n) is 16.1. The van der Waals surface area contributed by atoms with Crippen LogP contribution < -0.4 is 25.6 Å². The van der Waals surface area contributed by atoms with E-state index in [1.54, 1.807) is 0 Å². The van der Waals surface area contributed by atoms with Gasteiger partial charge in [0.1, 0.15) is 27.3 Å². The highest BCUT2D eigenvalue weighted by atomic mass is 28.3. The van der Waals surface area contributed by atoms with Gasteiger partial charge in [-0.3, -0.25) is 0 Å². The van der Waals surface area contributed by atoms with E-state index in [-0.39, 0.29) is 0 Å². The van der Waals surface area contributed by atoms with Gasteiger partial charge in [-0.15, -0.1) is 0 Å². The molecule has 8 aromatic carbocycles. The summed E-state index contributed by atoms with van der Waals surface area (Å²) in [6.07, 6.45) is 0. The number of fused-ring (bicyclic) bond motifs is 11. The average molecular weight is 726 g/mol. The molecule has 0 atom stereocenters. The molecule has 258 valence electrons. The van der Waals surface area contributed by atoms with Crippen molar-refractivity contribution in [3.05, 3.63) is 164 Å². The maximum absolute atomic E-state index is 6.66. The smallest absolute Gasteiger partial charge is 0.143 e. The van der Waals surface area contributed by atoms with E-state index in [0.29, 0.717) is 0 Å². The van der Waals surface area contributed by atoms with Gasteiger partial charge in [0.15, 0.2) is 0 Å². The van der Waals surface area contributed by atoms with E-state index >= 15 is 0 Å². The predicted octanol–water partition coefficient (Wildman–Crippen LogP) is 11.5. The van der Waals surface area contributed by atoms with Crippen molar-refractivity contribution in [3.8, 4) is 33.4 Å². The quantitative estimate of drug-likeness (QED) is 0.168. The summed E-state index contributed by atoms with van der Waals surface area (Å²) in [7, 11) is -4.00. The summed E-state index contributed by atoms with van der Waals surface area (Å²) in [5.74, 6) is 0. The van der Waals surface area contributed by atoms with Crippen LogP contribution in [0.15, 0.2) is 168 Å². The van der Waals surface area contributed by atoms with Gasteiger partial charge in [0.2, 0.25) is 0 Å². The molecule has 0 N–H and O–H groups in total. The molecule has 0 radical (unpaired) electrons. The molecule has 2 aliphatic rings. The highest BCUT2D eigenvalue weighted by Gasteiger charge is 2.42. The molecule has 0 saturated carbocycles. The summed E-state index contributed by atoms with van der Waals surface area (Å²) in [5, 5.41) is 10.8. The zero-order valence-electron chi connectivity index (χ0n) is 30.9. The molecular formula is C50H39NOSi2. The molecule has 2 aliphatic heterocycles. The van der Waals surface area contributed by atoms with Gasteiger partial charge in [-0.05, 0) is 96.2 Å². The van der Waals surface area contributed by atoms with Crippen LogP contribution in [0.5, 0.6) is 0 Å². The number of furan rings is 1. The van der Waals surface area contributed by atoms with E-state index in [2.05, 4.69) is 195 Å². The Kier molecular flexibility index (Phi) is 6.60. The minimum atomic E-state index is -2.10. The molecule has 1 aromatic heterocycles. The van der Waals surface area contributed by atoms with E-state index in [1.807, 2.05) is 0 Å². The molecule has 3 heterocycles. The Bertz CT molecular complexity index is 3020. The van der Waals surface area contributed by atoms with Crippen molar-refractivity contribution in [2.75, 3.05) is 4.90 Å². The molecule has 0 fully saturated rings. The molecule has 54 heavy (non-hydrogen) atoms. The third kappa shape index (κ3) is 4.38. The number of para-hydroxylation sites is 1. The molecule has 0 aliphatic carbocycles.